The van der Waals surface area contributed by atoms with E-state index in [0.717, 1.165) is 11.5 Å². The second kappa shape index (κ2) is 6.96. The van der Waals surface area contributed by atoms with E-state index in [1.54, 1.807) is 18.2 Å². The molecular weight excluding hydrogens is 325 g/mol. The number of pyridine rings is 1. The molecule has 3 aromatic rings. The number of nitrogens with zero attached hydrogens (tertiary/aromatic N) is 1. The Morgan fingerprint density at radius 3 is 2.56 bits per heavy atom. The number of methoxy groups -OCH3 is 1. The second-order valence-corrected chi connectivity index (χ2v) is 5.14. The number of para-hydroxylation sites is 1. The van der Waals surface area contributed by atoms with Crippen LogP contribution in [0.5, 0.6) is 5.75 Å². The summed E-state index contributed by atoms with van der Waals surface area (Å²) in [5.41, 5.74) is 5.25. The van der Waals surface area contributed by atoms with Crippen LogP contribution in [0.1, 0.15) is 20.8 Å². The number of hydrogen-bond donors (Lipinski definition) is 2. The highest BCUT2D eigenvalue weighted by Gasteiger charge is 2.15. The van der Waals surface area contributed by atoms with Crippen molar-refractivity contribution in [2.45, 2.75) is 0 Å². The fourth-order valence-electron chi connectivity index (χ4n) is 2.30. The maximum atomic E-state index is 13.3. The van der Waals surface area contributed by atoms with Crippen LogP contribution in [0.3, 0.4) is 0 Å². The normalized spacial score (nSPS) is 10.3. The number of amides is 2. The largest absolute Gasteiger partial charge is 0.496 e. The van der Waals surface area contributed by atoms with Crippen molar-refractivity contribution in [1.82, 2.24) is 15.8 Å². The molecule has 2 aromatic carbocycles. The fourth-order valence-corrected chi connectivity index (χ4v) is 2.30. The SMILES string of the molecule is COc1ccc(F)cc1C(=O)NNC(=O)c1ccc2ccccc2n1. The molecule has 0 bridgehead atoms. The molecule has 25 heavy (non-hydrogen) atoms. The molecule has 0 atom stereocenters. The third-order valence-corrected chi connectivity index (χ3v) is 3.53. The van der Waals surface area contributed by atoms with Crippen LogP contribution >= 0.6 is 0 Å². The molecule has 3 rings (SSSR count). The van der Waals surface area contributed by atoms with Crippen molar-refractivity contribution in [3.63, 3.8) is 0 Å². The van der Waals surface area contributed by atoms with Crippen molar-refractivity contribution in [2.24, 2.45) is 0 Å². The summed E-state index contributed by atoms with van der Waals surface area (Å²) >= 11 is 0. The van der Waals surface area contributed by atoms with Crippen LogP contribution < -0.4 is 15.6 Å². The average molecular weight is 339 g/mol. The van der Waals surface area contributed by atoms with Gasteiger partial charge in [-0.3, -0.25) is 20.4 Å². The lowest BCUT2D eigenvalue weighted by Crippen LogP contribution is -2.42. The van der Waals surface area contributed by atoms with Crippen LogP contribution in [0, 0.1) is 5.82 Å². The topological polar surface area (TPSA) is 80.3 Å². The fraction of sp³-hybridized carbons (Fsp3) is 0.0556. The molecule has 0 radical (unpaired) electrons. The van der Waals surface area contributed by atoms with Gasteiger partial charge in [0.15, 0.2) is 0 Å². The van der Waals surface area contributed by atoms with Gasteiger partial charge >= 0.3 is 0 Å². The van der Waals surface area contributed by atoms with Crippen LogP contribution in [0.15, 0.2) is 54.6 Å². The zero-order valence-corrected chi connectivity index (χ0v) is 13.2. The third-order valence-electron chi connectivity index (χ3n) is 3.53. The lowest BCUT2D eigenvalue weighted by Gasteiger charge is -2.10. The van der Waals surface area contributed by atoms with E-state index in [1.165, 1.54) is 19.2 Å². The number of aromatic nitrogens is 1. The molecular formula is C18H14FN3O3. The second-order valence-electron chi connectivity index (χ2n) is 5.14. The lowest BCUT2D eigenvalue weighted by molar-refractivity contribution is 0.0842. The maximum Gasteiger partial charge on any atom is 0.288 e. The maximum absolute atomic E-state index is 13.3. The summed E-state index contributed by atoms with van der Waals surface area (Å²) in [4.78, 5) is 28.5. The van der Waals surface area contributed by atoms with Crippen molar-refractivity contribution in [3.8, 4) is 5.75 Å². The van der Waals surface area contributed by atoms with Gasteiger partial charge in [-0.1, -0.05) is 24.3 Å². The van der Waals surface area contributed by atoms with E-state index in [-0.39, 0.29) is 17.0 Å². The smallest absolute Gasteiger partial charge is 0.288 e. The molecule has 2 amide bonds. The summed E-state index contributed by atoms with van der Waals surface area (Å²) in [6.45, 7) is 0. The number of ether oxygens (including phenoxy) is 1. The standard InChI is InChI=1S/C18H14FN3O3/c1-25-16-9-7-12(19)10-13(16)17(23)21-22-18(24)15-8-6-11-4-2-3-5-14(11)20-15/h2-10H,1H3,(H,21,23)(H,22,24). The molecule has 0 aliphatic carbocycles. The minimum absolute atomic E-state index is 0.0331. The Morgan fingerprint density at radius 1 is 1.00 bits per heavy atom. The van der Waals surface area contributed by atoms with Gasteiger partial charge in [0.1, 0.15) is 17.3 Å². The number of hydrogen-bond acceptors (Lipinski definition) is 4. The van der Waals surface area contributed by atoms with Gasteiger partial charge in [0.25, 0.3) is 11.8 Å². The van der Waals surface area contributed by atoms with Gasteiger partial charge in [-0.2, -0.15) is 0 Å². The van der Waals surface area contributed by atoms with Crippen molar-refractivity contribution >= 4 is 22.7 Å². The van der Waals surface area contributed by atoms with Crippen LogP contribution in [-0.4, -0.2) is 23.9 Å². The zero-order valence-electron chi connectivity index (χ0n) is 13.2. The molecule has 6 nitrogen and oxygen atoms in total. The van der Waals surface area contributed by atoms with Gasteiger partial charge in [0.2, 0.25) is 0 Å². The van der Waals surface area contributed by atoms with Crippen LogP contribution in [0.4, 0.5) is 4.39 Å². The van der Waals surface area contributed by atoms with E-state index < -0.39 is 17.6 Å². The minimum Gasteiger partial charge on any atom is -0.496 e. The number of benzene rings is 2. The van der Waals surface area contributed by atoms with Crippen LogP contribution in [0.25, 0.3) is 10.9 Å². The first-order valence-corrected chi connectivity index (χ1v) is 7.38. The van der Waals surface area contributed by atoms with Gasteiger partial charge < -0.3 is 4.74 Å². The predicted molar refractivity (Wildman–Crippen MR) is 89.6 cm³/mol. The van der Waals surface area contributed by atoms with E-state index in [0.29, 0.717) is 5.52 Å². The highest BCUT2D eigenvalue weighted by Crippen LogP contribution is 2.18. The summed E-state index contributed by atoms with van der Waals surface area (Å²) in [5, 5.41) is 0.896. The summed E-state index contributed by atoms with van der Waals surface area (Å²) < 4.78 is 18.3. The van der Waals surface area contributed by atoms with Gasteiger partial charge in [-0.05, 0) is 30.3 Å². The Labute approximate surface area is 142 Å². The zero-order chi connectivity index (χ0) is 17.8. The molecule has 0 aliphatic rings. The quantitative estimate of drug-likeness (QED) is 0.719. The summed E-state index contributed by atoms with van der Waals surface area (Å²) in [7, 11) is 1.36. The molecule has 1 heterocycles. The first-order chi connectivity index (χ1) is 12.1. The number of halogens is 1. The summed E-state index contributed by atoms with van der Waals surface area (Å²) in [5.74, 6) is -1.69. The predicted octanol–water partition coefficient (Wildman–Crippen LogP) is 2.46. The van der Waals surface area contributed by atoms with Crippen molar-refractivity contribution in [2.75, 3.05) is 7.11 Å². The molecule has 2 N–H and O–H groups in total. The van der Waals surface area contributed by atoms with Crippen LogP contribution in [-0.2, 0) is 0 Å². The number of rotatable bonds is 3. The molecule has 7 heteroatoms. The Hall–Kier alpha value is -3.48. The average Bonchev–Trinajstić information content (AvgIpc) is 2.65. The van der Waals surface area contributed by atoms with Crippen molar-refractivity contribution in [3.05, 3.63) is 71.7 Å². The number of nitrogens with one attached hydrogen (secondary N) is 2. The Morgan fingerprint density at radius 2 is 1.76 bits per heavy atom. The molecule has 0 aliphatic heterocycles. The first-order valence-electron chi connectivity index (χ1n) is 7.38. The molecule has 0 fully saturated rings. The number of carbonyl (C=O) groups is 2. The first kappa shape index (κ1) is 16.4. The van der Waals surface area contributed by atoms with E-state index in [2.05, 4.69) is 15.8 Å². The molecule has 0 spiro atoms. The van der Waals surface area contributed by atoms with Crippen molar-refractivity contribution in [1.29, 1.82) is 0 Å². The third kappa shape index (κ3) is 3.55. The van der Waals surface area contributed by atoms with Gasteiger partial charge in [-0.25, -0.2) is 9.37 Å². The van der Waals surface area contributed by atoms with E-state index in [4.69, 9.17) is 4.74 Å². The molecule has 0 saturated carbocycles. The molecule has 126 valence electrons. The lowest BCUT2D eigenvalue weighted by atomic mass is 10.2. The number of fused-ring (bicyclic) bond motifs is 1. The Bertz CT molecular complexity index is 959. The Balaban J connectivity index is 1.73. The summed E-state index contributed by atoms with van der Waals surface area (Å²) in [6, 6.07) is 14.2. The number of hydrazine groups is 1. The molecule has 0 unspecified atom stereocenters. The molecule has 0 saturated heterocycles. The highest BCUT2D eigenvalue weighted by molar-refractivity contribution is 6.00. The van der Waals surface area contributed by atoms with Gasteiger partial charge in [0.05, 0.1) is 18.2 Å². The summed E-state index contributed by atoms with van der Waals surface area (Å²) in [6.07, 6.45) is 0. The highest BCUT2D eigenvalue weighted by atomic mass is 19.1. The van der Waals surface area contributed by atoms with E-state index in [9.17, 15) is 14.0 Å². The Kier molecular flexibility index (Phi) is 4.56. The number of carbonyl (C=O) groups excluding carboxylic acids is 2. The minimum atomic E-state index is -0.703. The van der Waals surface area contributed by atoms with Gasteiger partial charge in [-0.15, -0.1) is 0 Å². The van der Waals surface area contributed by atoms with E-state index >= 15 is 0 Å². The van der Waals surface area contributed by atoms with Crippen LogP contribution in [0.2, 0.25) is 0 Å². The van der Waals surface area contributed by atoms with E-state index in [1.807, 2.05) is 18.2 Å². The van der Waals surface area contributed by atoms with Gasteiger partial charge in [0, 0.05) is 5.39 Å². The molecule has 1 aromatic heterocycles. The monoisotopic (exact) mass is 339 g/mol. The van der Waals surface area contributed by atoms with Crippen molar-refractivity contribution < 1.29 is 18.7 Å².